The molecule has 0 bridgehead atoms. The molecular weight excluding hydrogens is 256 g/mol. The molecule has 0 aromatic carbocycles. The molecule has 2 heteroatoms. The topological polar surface area (TPSA) is 15.3 Å². The van der Waals surface area contributed by atoms with Crippen LogP contribution in [0.5, 0.6) is 0 Å². The third kappa shape index (κ3) is 8.63. The van der Waals surface area contributed by atoms with Crippen molar-refractivity contribution in [2.24, 2.45) is 5.41 Å². The van der Waals surface area contributed by atoms with Gasteiger partial charge in [0.25, 0.3) is 0 Å². The molecule has 124 valence electrons. The Morgan fingerprint density at radius 2 is 1.86 bits per heavy atom. The minimum atomic E-state index is 0.453. The van der Waals surface area contributed by atoms with Gasteiger partial charge in [0.15, 0.2) is 0 Å². The van der Waals surface area contributed by atoms with Crippen molar-refractivity contribution in [3.05, 3.63) is 11.6 Å². The van der Waals surface area contributed by atoms with Gasteiger partial charge in [-0.25, -0.2) is 0 Å². The number of hydrogen-bond acceptors (Lipinski definition) is 2. The first-order chi connectivity index (χ1) is 9.93. The fourth-order valence-electron chi connectivity index (χ4n) is 2.99. The van der Waals surface area contributed by atoms with Gasteiger partial charge < -0.3 is 5.32 Å². The average molecular weight is 295 g/mol. The quantitative estimate of drug-likeness (QED) is 0.493. The van der Waals surface area contributed by atoms with Gasteiger partial charge in [-0.3, -0.25) is 4.90 Å². The monoisotopic (exact) mass is 294 g/mol. The van der Waals surface area contributed by atoms with Gasteiger partial charge in [0.05, 0.1) is 0 Å². The molecule has 0 aromatic rings. The van der Waals surface area contributed by atoms with Crippen LogP contribution in [0.25, 0.3) is 0 Å². The van der Waals surface area contributed by atoms with Crippen LogP contribution in [0.4, 0.5) is 0 Å². The maximum absolute atomic E-state index is 3.83. The molecule has 1 saturated heterocycles. The number of unbranched alkanes of at least 4 members (excludes halogenated alkanes) is 2. The van der Waals surface area contributed by atoms with E-state index in [0.717, 1.165) is 12.6 Å². The van der Waals surface area contributed by atoms with Crippen molar-refractivity contribution in [2.45, 2.75) is 79.2 Å². The van der Waals surface area contributed by atoms with E-state index in [0.29, 0.717) is 5.41 Å². The molecule has 0 aromatic heterocycles. The number of nitrogens with zero attached hydrogens (tertiary/aromatic N) is 1. The zero-order chi connectivity index (χ0) is 15.7. The molecule has 21 heavy (non-hydrogen) atoms. The predicted molar refractivity (Wildman–Crippen MR) is 94.8 cm³/mol. The average Bonchev–Trinajstić information content (AvgIpc) is 2.44. The molecule has 0 atom stereocenters. The van der Waals surface area contributed by atoms with E-state index in [1.54, 1.807) is 0 Å². The molecule has 1 fully saturated rings. The van der Waals surface area contributed by atoms with Gasteiger partial charge in [0.1, 0.15) is 0 Å². The van der Waals surface area contributed by atoms with Gasteiger partial charge in [-0.15, -0.1) is 0 Å². The SMILES string of the molecule is CCCCCC(C)(C)CNC1CCN(CC=C(C)C)CC1. The molecule has 0 radical (unpaired) electrons. The Bertz CT molecular complexity index is 295. The number of hydrogen-bond donors (Lipinski definition) is 1. The molecule has 0 unspecified atom stereocenters. The highest BCUT2D eigenvalue weighted by molar-refractivity contribution is 4.95. The molecule has 1 N–H and O–H groups in total. The van der Waals surface area contributed by atoms with Crippen LogP contribution >= 0.6 is 0 Å². The lowest BCUT2D eigenvalue weighted by Crippen LogP contribution is -2.45. The Morgan fingerprint density at radius 1 is 1.19 bits per heavy atom. The molecular formula is C19H38N2. The van der Waals surface area contributed by atoms with E-state index in [9.17, 15) is 0 Å². The van der Waals surface area contributed by atoms with Gasteiger partial charge in [-0.05, 0) is 51.6 Å². The lowest BCUT2D eigenvalue weighted by Gasteiger charge is -2.34. The Morgan fingerprint density at radius 3 is 2.43 bits per heavy atom. The number of nitrogens with one attached hydrogen (secondary N) is 1. The van der Waals surface area contributed by atoms with E-state index < -0.39 is 0 Å². The van der Waals surface area contributed by atoms with E-state index >= 15 is 0 Å². The highest BCUT2D eigenvalue weighted by Gasteiger charge is 2.22. The normalized spacial score (nSPS) is 18.0. The van der Waals surface area contributed by atoms with Crippen LogP contribution < -0.4 is 5.32 Å². The summed E-state index contributed by atoms with van der Waals surface area (Å²) >= 11 is 0. The summed E-state index contributed by atoms with van der Waals surface area (Å²) in [5, 5.41) is 3.83. The molecule has 0 spiro atoms. The van der Waals surface area contributed by atoms with Crippen molar-refractivity contribution in [3.8, 4) is 0 Å². The maximum Gasteiger partial charge on any atom is 0.0165 e. The molecule has 1 heterocycles. The first kappa shape index (κ1) is 18.7. The number of rotatable bonds is 9. The lowest BCUT2D eigenvalue weighted by atomic mass is 9.86. The van der Waals surface area contributed by atoms with E-state index in [-0.39, 0.29) is 0 Å². The summed E-state index contributed by atoms with van der Waals surface area (Å²) in [6.45, 7) is 16.3. The van der Waals surface area contributed by atoms with Crippen LogP contribution in [-0.4, -0.2) is 37.1 Å². The summed E-state index contributed by atoms with van der Waals surface area (Å²) in [6.07, 6.45) is 10.4. The first-order valence-corrected chi connectivity index (χ1v) is 9.02. The second-order valence-electron chi connectivity index (χ2n) is 7.86. The third-order valence-electron chi connectivity index (χ3n) is 4.67. The van der Waals surface area contributed by atoms with E-state index in [2.05, 4.69) is 50.9 Å². The minimum absolute atomic E-state index is 0.453. The van der Waals surface area contributed by atoms with Crippen LogP contribution in [-0.2, 0) is 0 Å². The van der Waals surface area contributed by atoms with Gasteiger partial charge >= 0.3 is 0 Å². The highest BCUT2D eigenvalue weighted by atomic mass is 15.1. The van der Waals surface area contributed by atoms with E-state index in [4.69, 9.17) is 0 Å². The minimum Gasteiger partial charge on any atom is -0.313 e. The van der Waals surface area contributed by atoms with Crippen molar-refractivity contribution in [1.82, 2.24) is 10.2 Å². The molecule has 1 aliphatic rings. The summed E-state index contributed by atoms with van der Waals surface area (Å²) in [6, 6.07) is 0.735. The van der Waals surface area contributed by atoms with Crippen molar-refractivity contribution >= 4 is 0 Å². The lowest BCUT2D eigenvalue weighted by molar-refractivity contribution is 0.198. The summed E-state index contributed by atoms with van der Waals surface area (Å²) in [7, 11) is 0. The van der Waals surface area contributed by atoms with E-state index in [1.807, 2.05) is 0 Å². The molecule has 0 aliphatic carbocycles. The highest BCUT2D eigenvalue weighted by Crippen LogP contribution is 2.23. The van der Waals surface area contributed by atoms with Gasteiger partial charge in [-0.2, -0.15) is 0 Å². The Hall–Kier alpha value is -0.340. The van der Waals surface area contributed by atoms with Gasteiger partial charge in [0, 0.05) is 19.1 Å². The van der Waals surface area contributed by atoms with Crippen molar-refractivity contribution in [1.29, 1.82) is 0 Å². The molecule has 1 rings (SSSR count). The zero-order valence-electron chi connectivity index (χ0n) is 15.2. The van der Waals surface area contributed by atoms with Crippen LogP contribution in [0.3, 0.4) is 0 Å². The Labute approximate surface area is 133 Å². The van der Waals surface area contributed by atoms with Crippen LogP contribution in [0, 0.1) is 5.41 Å². The summed E-state index contributed by atoms with van der Waals surface area (Å²) in [5.41, 5.74) is 1.89. The van der Waals surface area contributed by atoms with Gasteiger partial charge in [0.2, 0.25) is 0 Å². The summed E-state index contributed by atoms with van der Waals surface area (Å²) < 4.78 is 0. The number of allylic oxidation sites excluding steroid dienone is 1. The first-order valence-electron chi connectivity index (χ1n) is 9.02. The molecule has 0 amide bonds. The second kappa shape index (κ2) is 9.63. The molecule has 0 saturated carbocycles. The Kier molecular flexibility index (Phi) is 8.58. The van der Waals surface area contributed by atoms with Gasteiger partial charge in [-0.1, -0.05) is 51.7 Å². The van der Waals surface area contributed by atoms with Crippen LogP contribution in [0.1, 0.15) is 73.1 Å². The zero-order valence-corrected chi connectivity index (χ0v) is 15.2. The summed E-state index contributed by atoms with van der Waals surface area (Å²) in [5.74, 6) is 0. The van der Waals surface area contributed by atoms with Crippen molar-refractivity contribution in [3.63, 3.8) is 0 Å². The second-order valence-corrected chi connectivity index (χ2v) is 7.86. The summed E-state index contributed by atoms with van der Waals surface area (Å²) in [4.78, 5) is 2.58. The Balaban J connectivity index is 2.19. The number of likely N-dealkylation sites (tertiary alicyclic amines) is 1. The standard InChI is InChI=1S/C19H38N2/c1-6-7-8-12-19(4,5)16-20-18-10-14-21(15-11-18)13-9-17(2)3/h9,18,20H,6-8,10-16H2,1-5H3. The molecule has 1 aliphatic heterocycles. The van der Waals surface area contributed by atoms with Crippen molar-refractivity contribution < 1.29 is 0 Å². The van der Waals surface area contributed by atoms with E-state index in [1.165, 1.54) is 63.7 Å². The number of piperidine rings is 1. The third-order valence-corrected chi connectivity index (χ3v) is 4.67. The molecule has 2 nitrogen and oxygen atoms in total. The predicted octanol–water partition coefficient (Wildman–Crippen LogP) is 4.61. The maximum atomic E-state index is 3.83. The van der Waals surface area contributed by atoms with Crippen molar-refractivity contribution in [2.75, 3.05) is 26.2 Å². The fourth-order valence-corrected chi connectivity index (χ4v) is 2.99. The largest absolute Gasteiger partial charge is 0.313 e. The van der Waals surface area contributed by atoms with Crippen LogP contribution in [0.15, 0.2) is 11.6 Å². The van der Waals surface area contributed by atoms with Crippen LogP contribution in [0.2, 0.25) is 0 Å². The fraction of sp³-hybridized carbons (Fsp3) is 0.895. The smallest absolute Gasteiger partial charge is 0.0165 e.